The van der Waals surface area contributed by atoms with E-state index in [0.29, 0.717) is 5.56 Å². The number of aryl methyl sites for hydroxylation is 2. The molecule has 0 bridgehead atoms. The Hall–Kier alpha value is -2.95. The van der Waals surface area contributed by atoms with Crippen molar-refractivity contribution in [2.75, 3.05) is 6.54 Å². The van der Waals surface area contributed by atoms with Gasteiger partial charge in [-0.25, -0.2) is 0 Å². The van der Waals surface area contributed by atoms with Crippen molar-refractivity contribution in [1.29, 1.82) is 0 Å². The molecule has 0 fully saturated rings. The fraction of sp³-hybridized carbons (Fsp3) is 0.318. The molecule has 0 saturated carbocycles. The van der Waals surface area contributed by atoms with E-state index in [1.807, 2.05) is 57.2 Å². The fourth-order valence-electron chi connectivity index (χ4n) is 3.21. The minimum atomic E-state index is -0.514. The van der Waals surface area contributed by atoms with Crippen molar-refractivity contribution < 1.29 is 19.1 Å². The minimum Gasteiger partial charge on any atom is -0.459 e. The van der Waals surface area contributed by atoms with Crippen LogP contribution in [0, 0.1) is 20.8 Å². The number of carbonyl (C=O) groups excluding carboxylic acids is 3. The van der Waals surface area contributed by atoms with E-state index < -0.39 is 5.97 Å². The van der Waals surface area contributed by atoms with Gasteiger partial charge in [-0.1, -0.05) is 36.4 Å². The molecule has 0 unspecified atom stereocenters. The number of ether oxygens (including phenoxy) is 1. The quantitative estimate of drug-likeness (QED) is 0.602. The van der Waals surface area contributed by atoms with Crippen LogP contribution >= 0.6 is 0 Å². The summed E-state index contributed by atoms with van der Waals surface area (Å²) in [6.07, 6.45) is 0.215. The second-order valence-corrected chi connectivity index (χ2v) is 6.64. The van der Waals surface area contributed by atoms with Gasteiger partial charge in [0, 0.05) is 5.56 Å². The number of nitrogens with one attached hydrogen (secondary N) is 1. The summed E-state index contributed by atoms with van der Waals surface area (Å²) in [5, 5.41) is 2.57. The molecule has 0 aliphatic rings. The molecule has 0 aromatic heterocycles. The molecule has 0 heterocycles. The Balaban J connectivity index is 1.91. The molecule has 2 aromatic carbocycles. The lowest BCUT2D eigenvalue weighted by atomic mass is 9.92. The first-order valence-electron chi connectivity index (χ1n) is 8.86. The Labute approximate surface area is 159 Å². The Bertz CT molecular complexity index is 856. The van der Waals surface area contributed by atoms with Gasteiger partial charge < -0.3 is 10.1 Å². The highest BCUT2D eigenvalue weighted by Gasteiger charge is 2.16. The maximum atomic E-state index is 12.0. The van der Waals surface area contributed by atoms with Gasteiger partial charge in [-0.05, 0) is 55.5 Å². The molecule has 0 spiro atoms. The van der Waals surface area contributed by atoms with Crippen LogP contribution in [0.2, 0.25) is 0 Å². The van der Waals surface area contributed by atoms with Crippen molar-refractivity contribution in [3.05, 3.63) is 69.8 Å². The average Bonchev–Trinajstić information content (AvgIpc) is 2.60. The zero-order chi connectivity index (χ0) is 20.0. The van der Waals surface area contributed by atoms with Gasteiger partial charge in [0.2, 0.25) is 5.91 Å². The predicted octanol–water partition coefficient (Wildman–Crippen LogP) is 3.22. The van der Waals surface area contributed by atoms with Crippen LogP contribution in [-0.4, -0.2) is 24.2 Å². The van der Waals surface area contributed by atoms with Crippen molar-refractivity contribution in [1.82, 2.24) is 5.32 Å². The Kier molecular flexibility index (Phi) is 6.88. The Morgan fingerprint density at radius 1 is 1.00 bits per heavy atom. The number of benzene rings is 2. The van der Waals surface area contributed by atoms with Gasteiger partial charge in [0.05, 0.1) is 6.42 Å². The maximum Gasteiger partial charge on any atom is 0.325 e. The number of hydrogen-bond acceptors (Lipinski definition) is 4. The molecule has 0 saturated heterocycles. The summed E-state index contributed by atoms with van der Waals surface area (Å²) in [4.78, 5) is 35.7. The lowest BCUT2D eigenvalue weighted by molar-refractivity contribution is -0.145. The van der Waals surface area contributed by atoms with Crippen LogP contribution in [0.3, 0.4) is 0 Å². The summed E-state index contributed by atoms with van der Waals surface area (Å²) in [5.41, 5.74) is 5.10. The normalized spacial score (nSPS) is 10.4. The van der Waals surface area contributed by atoms with Crippen molar-refractivity contribution in [2.45, 2.75) is 40.7 Å². The number of esters is 1. The average molecular weight is 367 g/mol. The second kappa shape index (κ2) is 9.12. The van der Waals surface area contributed by atoms with Crippen LogP contribution in [0.5, 0.6) is 0 Å². The van der Waals surface area contributed by atoms with E-state index in [9.17, 15) is 14.4 Å². The molecule has 0 aliphatic heterocycles. The summed E-state index contributed by atoms with van der Waals surface area (Å²) in [6.45, 7) is 7.11. The summed E-state index contributed by atoms with van der Waals surface area (Å²) in [7, 11) is 0. The van der Waals surface area contributed by atoms with E-state index in [0.717, 1.165) is 27.8 Å². The minimum absolute atomic E-state index is 0.00856. The van der Waals surface area contributed by atoms with Crippen LogP contribution in [0.15, 0.2) is 36.4 Å². The number of carbonyl (C=O) groups is 3. The topological polar surface area (TPSA) is 72.5 Å². The SMILES string of the molecule is CC(=O)c1c(C)cc(C)c(COC(=O)CNC(=O)Cc2ccccc2)c1C. The molecular formula is C22H25NO4. The summed E-state index contributed by atoms with van der Waals surface area (Å²) in [5.74, 6) is -0.759. The van der Waals surface area contributed by atoms with E-state index in [-0.39, 0.29) is 31.3 Å². The summed E-state index contributed by atoms with van der Waals surface area (Å²) < 4.78 is 5.30. The van der Waals surface area contributed by atoms with Gasteiger partial charge >= 0.3 is 5.97 Å². The van der Waals surface area contributed by atoms with E-state index in [1.54, 1.807) is 0 Å². The molecule has 2 rings (SSSR count). The molecule has 142 valence electrons. The lowest BCUT2D eigenvalue weighted by Gasteiger charge is -2.16. The van der Waals surface area contributed by atoms with E-state index >= 15 is 0 Å². The highest BCUT2D eigenvalue weighted by molar-refractivity contribution is 5.97. The molecule has 0 radical (unpaired) electrons. The van der Waals surface area contributed by atoms with Crippen LogP contribution < -0.4 is 5.32 Å². The molecular weight excluding hydrogens is 342 g/mol. The van der Waals surface area contributed by atoms with Crippen LogP contribution in [-0.2, 0) is 27.4 Å². The monoisotopic (exact) mass is 367 g/mol. The molecule has 0 aliphatic carbocycles. The van der Waals surface area contributed by atoms with Crippen LogP contribution in [0.4, 0.5) is 0 Å². The standard InChI is InChI=1S/C22H25NO4/c1-14-10-15(2)22(17(4)24)16(3)19(14)13-27-21(26)12-23-20(25)11-18-8-6-5-7-9-18/h5-10H,11-13H2,1-4H3,(H,23,25). The smallest absolute Gasteiger partial charge is 0.325 e. The molecule has 0 atom stereocenters. The van der Waals surface area contributed by atoms with Gasteiger partial charge in [0.1, 0.15) is 13.2 Å². The zero-order valence-electron chi connectivity index (χ0n) is 16.2. The number of Topliss-reactive ketones (excluding diaryl/α,β-unsaturated/α-hetero) is 1. The van der Waals surface area contributed by atoms with Gasteiger partial charge in [0.15, 0.2) is 5.78 Å². The van der Waals surface area contributed by atoms with Gasteiger partial charge in [-0.15, -0.1) is 0 Å². The van der Waals surface area contributed by atoms with E-state index in [2.05, 4.69) is 5.32 Å². The fourth-order valence-corrected chi connectivity index (χ4v) is 3.21. The van der Waals surface area contributed by atoms with Crippen LogP contribution in [0.25, 0.3) is 0 Å². The molecule has 1 amide bonds. The Morgan fingerprint density at radius 3 is 2.30 bits per heavy atom. The van der Waals surface area contributed by atoms with Gasteiger partial charge in [0.25, 0.3) is 0 Å². The van der Waals surface area contributed by atoms with Crippen molar-refractivity contribution in [3.8, 4) is 0 Å². The second-order valence-electron chi connectivity index (χ2n) is 6.64. The van der Waals surface area contributed by atoms with Crippen LogP contribution in [0.1, 0.15) is 45.1 Å². The zero-order valence-corrected chi connectivity index (χ0v) is 16.2. The molecule has 2 aromatic rings. The maximum absolute atomic E-state index is 12.0. The molecule has 5 heteroatoms. The Morgan fingerprint density at radius 2 is 1.67 bits per heavy atom. The van der Waals surface area contributed by atoms with Crippen molar-refractivity contribution in [2.24, 2.45) is 0 Å². The number of ketones is 1. The lowest BCUT2D eigenvalue weighted by Crippen LogP contribution is -2.31. The third-order valence-corrected chi connectivity index (χ3v) is 4.50. The first-order chi connectivity index (χ1) is 12.8. The highest BCUT2D eigenvalue weighted by atomic mass is 16.5. The third kappa shape index (κ3) is 5.51. The van der Waals surface area contributed by atoms with Crippen molar-refractivity contribution in [3.63, 3.8) is 0 Å². The molecule has 1 N–H and O–H groups in total. The van der Waals surface area contributed by atoms with Gasteiger partial charge in [-0.2, -0.15) is 0 Å². The van der Waals surface area contributed by atoms with Gasteiger partial charge in [-0.3, -0.25) is 14.4 Å². The van der Waals surface area contributed by atoms with E-state index in [1.165, 1.54) is 6.92 Å². The summed E-state index contributed by atoms with van der Waals surface area (Å²) in [6, 6.07) is 11.2. The third-order valence-electron chi connectivity index (χ3n) is 4.50. The number of amides is 1. The number of hydrogen-bond donors (Lipinski definition) is 1. The highest BCUT2D eigenvalue weighted by Crippen LogP contribution is 2.23. The van der Waals surface area contributed by atoms with E-state index in [4.69, 9.17) is 4.74 Å². The largest absolute Gasteiger partial charge is 0.459 e. The van der Waals surface area contributed by atoms with Crippen molar-refractivity contribution >= 4 is 17.7 Å². The summed E-state index contributed by atoms with van der Waals surface area (Å²) >= 11 is 0. The molecule has 27 heavy (non-hydrogen) atoms. The molecule has 5 nitrogen and oxygen atoms in total. The first-order valence-corrected chi connectivity index (χ1v) is 8.86. The number of rotatable bonds is 7. The predicted molar refractivity (Wildman–Crippen MR) is 104 cm³/mol. The first kappa shape index (κ1) is 20.4.